The first-order valence-electron chi connectivity index (χ1n) is 6.98. The highest BCUT2D eigenvalue weighted by molar-refractivity contribution is 5.71. The normalized spacial score (nSPS) is 11.7. The fourth-order valence-corrected chi connectivity index (χ4v) is 2.55. The summed E-state index contributed by atoms with van der Waals surface area (Å²) in [5.41, 5.74) is 8.36. The molecule has 2 rings (SSSR count). The molecule has 0 aliphatic heterocycles. The first-order valence-corrected chi connectivity index (χ1v) is 6.98. The lowest BCUT2D eigenvalue weighted by atomic mass is 9.84. The van der Waals surface area contributed by atoms with E-state index in [1.165, 1.54) is 33.4 Å². The van der Waals surface area contributed by atoms with Crippen molar-refractivity contribution < 1.29 is 0 Å². The van der Waals surface area contributed by atoms with Crippen LogP contribution in [-0.2, 0) is 5.41 Å². The maximum Gasteiger partial charge on any atom is -0.0132 e. The Morgan fingerprint density at radius 1 is 0.684 bits per heavy atom. The van der Waals surface area contributed by atoms with Crippen molar-refractivity contribution in [2.24, 2.45) is 0 Å². The Morgan fingerprint density at radius 3 is 1.68 bits per heavy atom. The van der Waals surface area contributed by atoms with Crippen molar-refractivity contribution in [3.8, 4) is 11.1 Å². The second-order valence-corrected chi connectivity index (χ2v) is 6.60. The van der Waals surface area contributed by atoms with Gasteiger partial charge in [0.05, 0.1) is 0 Å². The van der Waals surface area contributed by atoms with E-state index in [9.17, 15) is 0 Å². The summed E-state index contributed by atoms with van der Waals surface area (Å²) < 4.78 is 0. The molecular weight excluding hydrogens is 228 g/mol. The average Bonchev–Trinajstić information content (AvgIpc) is 2.28. The van der Waals surface area contributed by atoms with Crippen molar-refractivity contribution in [3.63, 3.8) is 0 Å². The SMILES string of the molecule is Cc1ccc(-c2ccc(C(C)(C)C)cc2C)c(C)c1. The minimum atomic E-state index is 0.214. The Balaban J connectivity index is 2.52. The van der Waals surface area contributed by atoms with Gasteiger partial charge >= 0.3 is 0 Å². The molecular formula is C19H24. The quantitative estimate of drug-likeness (QED) is 0.622. The van der Waals surface area contributed by atoms with E-state index >= 15 is 0 Å². The van der Waals surface area contributed by atoms with Crippen molar-refractivity contribution in [2.75, 3.05) is 0 Å². The largest absolute Gasteiger partial charge is 0.0587 e. The average molecular weight is 252 g/mol. The molecule has 0 fully saturated rings. The summed E-state index contributed by atoms with van der Waals surface area (Å²) in [7, 11) is 0. The fraction of sp³-hybridized carbons (Fsp3) is 0.368. The molecule has 0 unspecified atom stereocenters. The van der Waals surface area contributed by atoms with Gasteiger partial charge in [0.15, 0.2) is 0 Å². The summed E-state index contributed by atoms with van der Waals surface area (Å²) in [5.74, 6) is 0. The van der Waals surface area contributed by atoms with E-state index in [1.54, 1.807) is 0 Å². The molecule has 0 aliphatic rings. The van der Waals surface area contributed by atoms with Gasteiger partial charge in [-0.2, -0.15) is 0 Å². The van der Waals surface area contributed by atoms with Crippen LogP contribution < -0.4 is 0 Å². The Hall–Kier alpha value is -1.56. The molecule has 2 aromatic carbocycles. The third kappa shape index (κ3) is 2.89. The van der Waals surface area contributed by atoms with Gasteiger partial charge in [-0.05, 0) is 54.0 Å². The summed E-state index contributed by atoms with van der Waals surface area (Å²) in [6, 6.07) is 13.6. The lowest BCUT2D eigenvalue weighted by Gasteiger charge is -2.21. The highest BCUT2D eigenvalue weighted by Crippen LogP contribution is 2.31. The molecule has 0 aromatic heterocycles. The molecule has 0 atom stereocenters. The van der Waals surface area contributed by atoms with Crippen LogP contribution in [0.2, 0.25) is 0 Å². The monoisotopic (exact) mass is 252 g/mol. The number of hydrogen-bond acceptors (Lipinski definition) is 0. The Kier molecular flexibility index (Phi) is 3.54. The van der Waals surface area contributed by atoms with Gasteiger partial charge in [-0.15, -0.1) is 0 Å². The Bertz CT molecular complexity index is 598. The van der Waals surface area contributed by atoms with Crippen LogP contribution in [0.3, 0.4) is 0 Å². The predicted octanol–water partition coefficient (Wildman–Crippen LogP) is 5.58. The van der Waals surface area contributed by atoms with Crippen LogP contribution in [0.4, 0.5) is 0 Å². The molecule has 0 saturated carbocycles. The van der Waals surface area contributed by atoms with Crippen molar-refractivity contribution in [2.45, 2.75) is 47.0 Å². The molecule has 0 N–H and O–H groups in total. The minimum Gasteiger partial charge on any atom is -0.0587 e. The standard InChI is InChI=1S/C19H24/c1-13-7-9-17(14(2)11-13)18-10-8-16(12-15(18)3)19(4,5)6/h7-12H,1-6H3. The van der Waals surface area contributed by atoms with Gasteiger partial charge in [-0.3, -0.25) is 0 Å². The Morgan fingerprint density at radius 2 is 1.21 bits per heavy atom. The fourth-order valence-electron chi connectivity index (χ4n) is 2.55. The van der Waals surface area contributed by atoms with Crippen molar-refractivity contribution in [1.29, 1.82) is 0 Å². The smallest absolute Gasteiger partial charge is 0.0132 e. The summed E-state index contributed by atoms with van der Waals surface area (Å²) in [4.78, 5) is 0. The zero-order valence-electron chi connectivity index (χ0n) is 13.0. The summed E-state index contributed by atoms with van der Waals surface area (Å²) >= 11 is 0. The predicted molar refractivity (Wildman–Crippen MR) is 84.8 cm³/mol. The zero-order valence-corrected chi connectivity index (χ0v) is 13.0. The van der Waals surface area contributed by atoms with Gasteiger partial charge in [0, 0.05) is 0 Å². The third-order valence-corrected chi connectivity index (χ3v) is 3.76. The highest BCUT2D eigenvalue weighted by atomic mass is 14.2. The first-order chi connectivity index (χ1) is 8.79. The second-order valence-electron chi connectivity index (χ2n) is 6.60. The van der Waals surface area contributed by atoms with Crippen molar-refractivity contribution >= 4 is 0 Å². The van der Waals surface area contributed by atoms with Crippen LogP contribution in [0.5, 0.6) is 0 Å². The molecule has 0 spiro atoms. The lowest BCUT2D eigenvalue weighted by molar-refractivity contribution is 0.590. The summed E-state index contributed by atoms with van der Waals surface area (Å²) in [5, 5.41) is 0. The van der Waals surface area contributed by atoms with E-state index in [4.69, 9.17) is 0 Å². The molecule has 19 heavy (non-hydrogen) atoms. The molecule has 0 heterocycles. The van der Waals surface area contributed by atoms with Gasteiger partial charge in [-0.1, -0.05) is 62.7 Å². The van der Waals surface area contributed by atoms with Crippen LogP contribution in [0, 0.1) is 20.8 Å². The van der Waals surface area contributed by atoms with E-state index in [0.29, 0.717) is 0 Å². The molecule has 100 valence electrons. The maximum atomic E-state index is 2.33. The van der Waals surface area contributed by atoms with Crippen LogP contribution in [0.25, 0.3) is 11.1 Å². The van der Waals surface area contributed by atoms with E-state index in [-0.39, 0.29) is 5.41 Å². The molecule has 0 heteroatoms. The molecule has 0 amide bonds. The summed E-state index contributed by atoms with van der Waals surface area (Å²) in [6.07, 6.45) is 0. The molecule has 0 aliphatic carbocycles. The highest BCUT2D eigenvalue weighted by Gasteiger charge is 2.15. The number of benzene rings is 2. The number of aryl methyl sites for hydroxylation is 3. The van der Waals surface area contributed by atoms with Gasteiger partial charge in [0.25, 0.3) is 0 Å². The van der Waals surface area contributed by atoms with Crippen molar-refractivity contribution in [3.05, 3.63) is 58.7 Å². The second kappa shape index (κ2) is 4.85. The molecule has 0 bridgehead atoms. The molecule has 0 saturated heterocycles. The van der Waals surface area contributed by atoms with E-state index in [0.717, 1.165) is 0 Å². The molecule has 0 nitrogen and oxygen atoms in total. The van der Waals surface area contributed by atoms with E-state index in [2.05, 4.69) is 77.9 Å². The van der Waals surface area contributed by atoms with Crippen LogP contribution in [0.1, 0.15) is 43.0 Å². The summed E-state index contributed by atoms with van der Waals surface area (Å²) in [6.45, 7) is 13.3. The van der Waals surface area contributed by atoms with E-state index < -0.39 is 0 Å². The molecule has 0 radical (unpaired) electrons. The van der Waals surface area contributed by atoms with Gasteiger partial charge in [-0.25, -0.2) is 0 Å². The van der Waals surface area contributed by atoms with Crippen LogP contribution >= 0.6 is 0 Å². The van der Waals surface area contributed by atoms with Crippen molar-refractivity contribution in [1.82, 2.24) is 0 Å². The Labute approximate surface area is 117 Å². The topological polar surface area (TPSA) is 0 Å². The third-order valence-electron chi connectivity index (χ3n) is 3.76. The zero-order chi connectivity index (χ0) is 14.2. The van der Waals surface area contributed by atoms with Gasteiger partial charge in [0.2, 0.25) is 0 Å². The van der Waals surface area contributed by atoms with Crippen LogP contribution in [0.15, 0.2) is 36.4 Å². The first kappa shape index (κ1) is 13.9. The molecule has 2 aromatic rings. The van der Waals surface area contributed by atoms with E-state index in [1.807, 2.05) is 0 Å². The lowest BCUT2D eigenvalue weighted by Crippen LogP contribution is -2.11. The number of hydrogen-bond donors (Lipinski definition) is 0. The van der Waals surface area contributed by atoms with Gasteiger partial charge in [0.1, 0.15) is 0 Å². The minimum absolute atomic E-state index is 0.214. The number of rotatable bonds is 1. The van der Waals surface area contributed by atoms with Gasteiger partial charge < -0.3 is 0 Å². The van der Waals surface area contributed by atoms with Crippen LogP contribution in [-0.4, -0.2) is 0 Å². The maximum absolute atomic E-state index is 2.33.